The molecule has 10 rings (SSSR count). The Labute approximate surface area is 396 Å². The molecule has 7 aromatic carbocycles. The Balaban J connectivity index is 1.34. The van der Waals surface area contributed by atoms with Gasteiger partial charge >= 0.3 is 0 Å². The third kappa shape index (κ3) is 7.09. The van der Waals surface area contributed by atoms with Gasteiger partial charge in [-0.15, -0.1) is 11.3 Å². The third-order valence-electron chi connectivity index (χ3n) is 13.7. The molecule has 328 valence electrons. The number of nitrogens with zero attached hydrogens (tertiary/aromatic N) is 3. The Bertz CT molecular complexity index is 3130. The predicted molar refractivity (Wildman–Crippen MR) is 290 cm³/mol. The lowest BCUT2D eigenvalue weighted by molar-refractivity contribution is 0.591. The van der Waals surface area contributed by atoms with Gasteiger partial charge in [0.1, 0.15) is 0 Å². The molecule has 0 amide bonds. The second-order valence-electron chi connectivity index (χ2n) is 20.1. The smallest absolute Gasteiger partial charge is 0.0739 e. The fourth-order valence-corrected chi connectivity index (χ4v) is 16.8. The molecule has 1 aromatic heterocycles. The van der Waals surface area contributed by atoms with Gasteiger partial charge in [-0.1, -0.05) is 141 Å². The van der Waals surface area contributed by atoms with Crippen molar-refractivity contribution in [3.8, 4) is 0 Å². The summed E-state index contributed by atoms with van der Waals surface area (Å²) in [4.78, 5) is 7.59. The molecule has 0 spiro atoms. The first-order valence-corrected chi connectivity index (χ1v) is 26.9. The van der Waals surface area contributed by atoms with Gasteiger partial charge in [-0.2, -0.15) is 0 Å². The summed E-state index contributed by atoms with van der Waals surface area (Å²) in [5.41, 5.74) is 18.4. The van der Waals surface area contributed by atoms with Crippen LogP contribution in [0, 0.1) is 13.8 Å². The molecule has 8 aromatic rings. The van der Waals surface area contributed by atoms with Crippen LogP contribution >= 0.6 is 17.4 Å². The van der Waals surface area contributed by atoms with E-state index >= 15 is 0 Å². The molecule has 0 N–H and O–H groups in total. The largest absolute Gasteiger partial charge is 0.310 e. The van der Waals surface area contributed by atoms with Crippen LogP contribution in [-0.2, 0) is 17.2 Å². The van der Waals surface area contributed by atoms with Crippen LogP contribution in [0.15, 0.2) is 146 Å². The second kappa shape index (κ2) is 16.2. The number of para-hydroxylation sites is 2. The molecule has 0 saturated heterocycles. The molecule has 0 aliphatic carbocycles. The minimum atomic E-state index is -2.78. The van der Waals surface area contributed by atoms with Crippen molar-refractivity contribution in [3.63, 3.8) is 0 Å². The molecular formula is C59H60N3PS2. The highest BCUT2D eigenvalue weighted by molar-refractivity contribution is 8.27. The Kier molecular flexibility index (Phi) is 10.8. The highest BCUT2D eigenvalue weighted by atomic mass is 32.4. The van der Waals surface area contributed by atoms with E-state index in [4.69, 9.17) is 11.8 Å². The summed E-state index contributed by atoms with van der Waals surface area (Å²) >= 11 is 9.61. The van der Waals surface area contributed by atoms with Crippen LogP contribution in [0.4, 0.5) is 51.2 Å². The van der Waals surface area contributed by atoms with E-state index in [0.29, 0.717) is 17.8 Å². The molecule has 1 atom stereocenters. The van der Waals surface area contributed by atoms with Crippen molar-refractivity contribution in [2.75, 3.05) is 14.7 Å². The van der Waals surface area contributed by atoms with Crippen molar-refractivity contribution in [1.82, 2.24) is 0 Å². The number of fused-ring (bicyclic) bond motifs is 6. The van der Waals surface area contributed by atoms with Crippen molar-refractivity contribution in [3.05, 3.63) is 179 Å². The van der Waals surface area contributed by atoms with E-state index in [2.05, 4.69) is 236 Å². The topological polar surface area (TPSA) is 9.72 Å². The summed E-state index contributed by atoms with van der Waals surface area (Å²) in [5.74, 6) is 1.16. The standard InChI is InChI=1S/C59H60N3PS2/c1-36(2)41-22-26-49(39(7)30-41)61(50-27-23-42(37(3)4)31-40(50)8)47-25-28-51-54(35-47)63(64)57-52(60(51)45-18-14-12-15-19-45)32-43(38(5)6)33-53(57)62(46-20-16-13-17-21-46)56-48-34-44(59(9,10)11)24-29-55(48)65-58(56)63/h12-38H,1-11H3. The number of thiophene rings is 1. The maximum Gasteiger partial charge on any atom is 0.0739 e. The molecule has 3 nitrogen and oxygen atoms in total. The van der Waals surface area contributed by atoms with Crippen LogP contribution < -0.4 is 29.9 Å². The number of anilines is 9. The number of hydrogen-bond donors (Lipinski definition) is 0. The van der Waals surface area contributed by atoms with Crippen LogP contribution in [0.1, 0.15) is 113 Å². The third-order valence-corrected chi connectivity index (χ3v) is 20.7. The number of benzene rings is 7. The van der Waals surface area contributed by atoms with Gasteiger partial charge < -0.3 is 14.7 Å². The lowest BCUT2D eigenvalue weighted by Crippen LogP contribution is -2.42. The van der Waals surface area contributed by atoms with Gasteiger partial charge in [0.25, 0.3) is 0 Å². The van der Waals surface area contributed by atoms with Crippen molar-refractivity contribution < 1.29 is 0 Å². The Morgan fingerprint density at radius 2 is 1.09 bits per heavy atom. The van der Waals surface area contributed by atoms with Gasteiger partial charge in [0.15, 0.2) is 0 Å². The monoisotopic (exact) mass is 905 g/mol. The van der Waals surface area contributed by atoms with E-state index < -0.39 is 6.04 Å². The summed E-state index contributed by atoms with van der Waals surface area (Å²) in [5, 5.41) is 3.78. The first-order chi connectivity index (χ1) is 31.1. The SMILES string of the molecule is Cc1cc(C(C)C)ccc1N(c1ccc2c(c1)P1(=S)c3sc4ccc(C(C)(C)C)cc4c3N(c3ccccc3)c3cc(C(C)C)cc(c31)N2c1ccccc1)c1ccc(C(C)C)cc1C. The van der Waals surface area contributed by atoms with E-state index in [0.717, 1.165) is 22.7 Å². The van der Waals surface area contributed by atoms with E-state index in [1.54, 1.807) is 0 Å². The lowest BCUT2D eigenvalue weighted by Gasteiger charge is -2.46. The fourth-order valence-electron chi connectivity index (χ4n) is 9.95. The highest BCUT2D eigenvalue weighted by Gasteiger charge is 2.48. The quantitative estimate of drug-likeness (QED) is 0.141. The van der Waals surface area contributed by atoms with Gasteiger partial charge in [-0.3, -0.25) is 0 Å². The van der Waals surface area contributed by atoms with E-state index in [9.17, 15) is 0 Å². The molecule has 0 bridgehead atoms. The Hall–Kier alpha value is -5.45. The van der Waals surface area contributed by atoms with Crippen molar-refractivity contribution >= 4 is 106 Å². The summed E-state index contributed by atoms with van der Waals surface area (Å²) in [6.07, 6.45) is 0. The van der Waals surface area contributed by atoms with Crippen molar-refractivity contribution in [1.29, 1.82) is 0 Å². The maximum absolute atomic E-state index is 7.69. The molecular weight excluding hydrogens is 846 g/mol. The van der Waals surface area contributed by atoms with Crippen LogP contribution in [0.5, 0.6) is 0 Å². The van der Waals surface area contributed by atoms with Crippen molar-refractivity contribution in [2.24, 2.45) is 0 Å². The zero-order valence-electron chi connectivity index (χ0n) is 39.7. The van der Waals surface area contributed by atoms with E-state index in [-0.39, 0.29) is 5.41 Å². The minimum absolute atomic E-state index is 0.0189. The van der Waals surface area contributed by atoms with Crippen LogP contribution in [0.3, 0.4) is 0 Å². The average molecular weight is 906 g/mol. The molecule has 6 heteroatoms. The van der Waals surface area contributed by atoms with Gasteiger partial charge in [0.05, 0.1) is 33.4 Å². The molecule has 2 aliphatic rings. The molecule has 65 heavy (non-hydrogen) atoms. The summed E-state index contributed by atoms with van der Waals surface area (Å²) in [6, 6.07) is 52.6. The van der Waals surface area contributed by atoms with Gasteiger partial charge in [0.2, 0.25) is 0 Å². The molecule has 0 radical (unpaired) electrons. The zero-order valence-corrected chi connectivity index (χ0v) is 42.2. The fraction of sp³-hybridized carbons (Fsp3) is 0.254. The predicted octanol–water partition coefficient (Wildman–Crippen LogP) is 17.0. The second-order valence-corrected chi connectivity index (χ2v) is 25.7. The maximum atomic E-state index is 7.69. The van der Waals surface area contributed by atoms with E-state index in [1.807, 2.05) is 11.3 Å². The molecule has 0 saturated carbocycles. The van der Waals surface area contributed by atoms with E-state index in [1.165, 1.54) is 87.1 Å². The van der Waals surface area contributed by atoms with Gasteiger partial charge in [-0.25, -0.2) is 0 Å². The minimum Gasteiger partial charge on any atom is -0.310 e. The summed E-state index contributed by atoms with van der Waals surface area (Å²) in [6.45, 7) is 25.2. The molecule has 0 fully saturated rings. The normalized spacial score (nSPS) is 15.5. The lowest BCUT2D eigenvalue weighted by atomic mass is 9.86. The molecule has 2 aliphatic heterocycles. The Morgan fingerprint density at radius 3 is 1.62 bits per heavy atom. The summed E-state index contributed by atoms with van der Waals surface area (Å²) in [7, 11) is 0. The highest BCUT2D eigenvalue weighted by Crippen LogP contribution is 2.65. The van der Waals surface area contributed by atoms with Crippen LogP contribution in [0.25, 0.3) is 10.1 Å². The van der Waals surface area contributed by atoms with Crippen LogP contribution in [-0.4, -0.2) is 0 Å². The average Bonchev–Trinajstić information content (AvgIpc) is 3.67. The zero-order chi connectivity index (χ0) is 45.7. The van der Waals surface area contributed by atoms with Crippen LogP contribution in [0.2, 0.25) is 0 Å². The number of aryl methyl sites for hydroxylation is 2. The summed E-state index contributed by atoms with van der Waals surface area (Å²) < 4.78 is 2.58. The molecule has 1 unspecified atom stereocenters. The number of rotatable bonds is 8. The Morgan fingerprint density at radius 1 is 0.554 bits per heavy atom. The first kappa shape index (κ1) is 43.4. The van der Waals surface area contributed by atoms with Crippen molar-refractivity contribution in [2.45, 2.75) is 99.3 Å². The van der Waals surface area contributed by atoms with Gasteiger partial charge in [-0.05, 0) is 149 Å². The van der Waals surface area contributed by atoms with Gasteiger partial charge in [0, 0.05) is 49.1 Å². The first-order valence-electron chi connectivity index (χ1n) is 23.3. The molecule has 3 heterocycles. The number of hydrogen-bond acceptors (Lipinski definition) is 5.